The largest absolute Gasteiger partial charge is 0.497 e. The Labute approximate surface area is 225 Å². The number of likely N-dealkylation sites (N-methyl/N-ethyl adjacent to an activating group) is 1. The molecule has 7 heteroatoms. The van der Waals surface area contributed by atoms with Gasteiger partial charge in [0.05, 0.1) is 12.8 Å². The molecule has 3 aromatic carbocycles. The molecule has 38 heavy (non-hydrogen) atoms. The molecule has 2 N–H and O–H groups in total. The van der Waals surface area contributed by atoms with Crippen LogP contribution in [0.3, 0.4) is 0 Å². The van der Waals surface area contributed by atoms with Crippen molar-refractivity contribution < 1.29 is 19.1 Å². The average Bonchev–Trinajstić information content (AvgIpc) is 2.97. The molecule has 0 aliphatic heterocycles. The molecule has 2 amide bonds. The third-order valence-electron chi connectivity index (χ3n) is 6.93. The van der Waals surface area contributed by atoms with E-state index in [0.29, 0.717) is 30.2 Å². The highest BCUT2D eigenvalue weighted by atomic mass is 16.5. The summed E-state index contributed by atoms with van der Waals surface area (Å²) in [5.74, 6) is 2.11. The fourth-order valence-electron chi connectivity index (χ4n) is 4.82. The standard InChI is InChI=1S/C31H37N3O4/c1-3-34(33-25-16-20-26(37-2)21-17-25)31(36)29(22-23-10-6-4-7-11-23)32-30(35)24-14-18-28(19-15-24)38-27-12-8-5-9-13-27/h5,8-9,12-21,23,29,33H,3-4,6-7,10-11,22H2,1-2H3,(H,32,35). The van der Waals surface area contributed by atoms with Gasteiger partial charge in [-0.05, 0) is 79.9 Å². The van der Waals surface area contributed by atoms with E-state index < -0.39 is 6.04 Å². The summed E-state index contributed by atoms with van der Waals surface area (Å²) in [7, 11) is 1.62. The Balaban J connectivity index is 1.45. The number of hydrogen-bond donors (Lipinski definition) is 2. The van der Waals surface area contributed by atoms with E-state index in [4.69, 9.17) is 9.47 Å². The van der Waals surface area contributed by atoms with Crippen molar-refractivity contribution in [2.24, 2.45) is 5.92 Å². The first kappa shape index (κ1) is 27.0. The first-order valence-corrected chi connectivity index (χ1v) is 13.4. The molecule has 1 saturated carbocycles. The number of rotatable bonds is 11. The summed E-state index contributed by atoms with van der Waals surface area (Å²) in [5, 5.41) is 4.61. The maximum Gasteiger partial charge on any atom is 0.263 e. The molecule has 0 spiro atoms. The maximum absolute atomic E-state index is 13.7. The van der Waals surface area contributed by atoms with Crippen molar-refractivity contribution in [3.05, 3.63) is 84.4 Å². The number of methoxy groups -OCH3 is 1. The van der Waals surface area contributed by atoms with Gasteiger partial charge in [0, 0.05) is 12.1 Å². The number of benzene rings is 3. The highest BCUT2D eigenvalue weighted by Crippen LogP contribution is 2.28. The Kier molecular flexibility index (Phi) is 9.62. The van der Waals surface area contributed by atoms with Gasteiger partial charge in [-0.3, -0.25) is 20.0 Å². The summed E-state index contributed by atoms with van der Waals surface area (Å²) < 4.78 is 11.1. The molecule has 7 nitrogen and oxygen atoms in total. The summed E-state index contributed by atoms with van der Waals surface area (Å²) in [6.45, 7) is 2.37. The molecule has 0 bridgehead atoms. The van der Waals surface area contributed by atoms with E-state index >= 15 is 0 Å². The normalized spacial score (nSPS) is 14.3. The number of nitrogens with zero attached hydrogens (tertiary/aromatic N) is 1. The van der Waals surface area contributed by atoms with Crippen molar-refractivity contribution in [2.45, 2.75) is 51.5 Å². The highest BCUT2D eigenvalue weighted by Gasteiger charge is 2.29. The zero-order chi connectivity index (χ0) is 26.7. The first-order valence-electron chi connectivity index (χ1n) is 13.4. The number of carbonyl (C=O) groups is 2. The molecular formula is C31H37N3O4. The zero-order valence-electron chi connectivity index (χ0n) is 22.2. The van der Waals surface area contributed by atoms with Crippen molar-refractivity contribution in [1.82, 2.24) is 10.3 Å². The minimum absolute atomic E-state index is 0.147. The maximum atomic E-state index is 13.7. The molecular weight excluding hydrogens is 478 g/mol. The third-order valence-corrected chi connectivity index (χ3v) is 6.93. The van der Waals surface area contributed by atoms with Gasteiger partial charge in [0.2, 0.25) is 0 Å². The fourth-order valence-corrected chi connectivity index (χ4v) is 4.82. The van der Waals surface area contributed by atoms with E-state index in [-0.39, 0.29) is 11.8 Å². The second-order valence-electron chi connectivity index (χ2n) is 9.63. The first-order chi connectivity index (χ1) is 18.6. The Morgan fingerprint density at radius 2 is 1.50 bits per heavy atom. The van der Waals surface area contributed by atoms with Gasteiger partial charge >= 0.3 is 0 Å². The molecule has 3 aromatic rings. The van der Waals surface area contributed by atoms with Crippen molar-refractivity contribution in [2.75, 3.05) is 19.1 Å². The molecule has 0 radical (unpaired) electrons. The third kappa shape index (κ3) is 7.51. The van der Waals surface area contributed by atoms with Crippen molar-refractivity contribution in [3.63, 3.8) is 0 Å². The second kappa shape index (κ2) is 13.5. The van der Waals surface area contributed by atoms with Gasteiger partial charge in [-0.15, -0.1) is 0 Å². The molecule has 1 atom stereocenters. The number of hydrazine groups is 1. The van der Waals surface area contributed by atoms with Gasteiger partial charge in [-0.25, -0.2) is 0 Å². The van der Waals surface area contributed by atoms with Gasteiger partial charge in [-0.1, -0.05) is 50.3 Å². The van der Waals surface area contributed by atoms with Crippen LogP contribution in [0.1, 0.15) is 55.8 Å². The summed E-state index contributed by atoms with van der Waals surface area (Å²) in [6, 6.07) is 23.3. The lowest BCUT2D eigenvalue weighted by atomic mass is 9.84. The van der Waals surface area contributed by atoms with Crippen LogP contribution in [0, 0.1) is 5.92 Å². The SMILES string of the molecule is CCN(Nc1ccc(OC)cc1)C(=O)C(CC1CCCCC1)NC(=O)c1ccc(Oc2ccccc2)cc1. The molecule has 4 rings (SSSR count). The molecule has 1 aliphatic carbocycles. The summed E-state index contributed by atoms with van der Waals surface area (Å²) in [4.78, 5) is 27.0. The predicted molar refractivity (Wildman–Crippen MR) is 149 cm³/mol. The van der Waals surface area contributed by atoms with Crippen LogP contribution in [-0.4, -0.2) is 36.5 Å². The van der Waals surface area contributed by atoms with Crippen LogP contribution < -0.4 is 20.2 Å². The van der Waals surface area contributed by atoms with E-state index in [0.717, 1.165) is 30.0 Å². The monoisotopic (exact) mass is 515 g/mol. The van der Waals surface area contributed by atoms with Gasteiger partial charge in [0.25, 0.3) is 11.8 Å². The lowest BCUT2D eigenvalue weighted by molar-refractivity contribution is -0.132. The Bertz CT molecular complexity index is 1160. The van der Waals surface area contributed by atoms with E-state index in [1.165, 1.54) is 19.3 Å². The number of anilines is 1. The number of hydrogen-bond acceptors (Lipinski definition) is 5. The molecule has 0 heterocycles. The Morgan fingerprint density at radius 3 is 2.13 bits per heavy atom. The van der Waals surface area contributed by atoms with Crippen LogP contribution in [0.15, 0.2) is 78.9 Å². The van der Waals surface area contributed by atoms with Crippen LogP contribution in [-0.2, 0) is 4.79 Å². The number of carbonyl (C=O) groups excluding carboxylic acids is 2. The topological polar surface area (TPSA) is 79.9 Å². The van der Waals surface area contributed by atoms with Crippen LogP contribution in [0.25, 0.3) is 0 Å². The quantitative estimate of drug-likeness (QED) is 0.288. The van der Waals surface area contributed by atoms with Gasteiger partial charge in [0.1, 0.15) is 23.3 Å². The van der Waals surface area contributed by atoms with Crippen molar-refractivity contribution in [3.8, 4) is 17.2 Å². The fraction of sp³-hybridized carbons (Fsp3) is 0.355. The van der Waals surface area contributed by atoms with Gasteiger partial charge < -0.3 is 14.8 Å². The molecule has 1 aliphatic rings. The van der Waals surface area contributed by atoms with E-state index in [2.05, 4.69) is 10.7 Å². The van der Waals surface area contributed by atoms with Crippen molar-refractivity contribution in [1.29, 1.82) is 0 Å². The number of para-hydroxylation sites is 1. The lowest BCUT2D eigenvalue weighted by Crippen LogP contribution is -2.51. The van der Waals surface area contributed by atoms with Gasteiger partial charge in [0.15, 0.2) is 0 Å². The number of amides is 2. The van der Waals surface area contributed by atoms with Crippen LogP contribution >= 0.6 is 0 Å². The Hall–Kier alpha value is -4.00. The minimum atomic E-state index is -0.628. The lowest BCUT2D eigenvalue weighted by Gasteiger charge is -2.31. The van der Waals surface area contributed by atoms with Crippen molar-refractivity contribution >= 4 is 17.5 Å². The molecule has 1 fully saturated rings. The molecule has 1 unspecified atom stereocenters. The smallest absolute Gasteiger partial charge is 0.263 e. The predicted octanol–water partition coefficient (Wildman–Crippen LogP) is 6.43. The molecule has 200 valence electrons. The van der Waals surface area contributed by atoms with Crippen LogP contribution in [0.2, 0.25) is 0 Å². The molecule has 0 aromatic heterocycles. The van der Waals surface area contributed by atoms with Crippen LogP contribution in [0.5, 0.6) is 17.2 Å². The van der Waals surface area contributed by atoms with E-state index in [9.17, 15) is 9.59 Å². The average molecular weight is 516 g/mol. The van der Waals surface area contributed by atoms with E-state index in [1.54, 1.807) is 36.4 Å². The molecule has 0 saturated heterocycles. The number of nitrogens with one attached hydrogen (secondary N) is 2. The minimum Gasteiger partial charge on any atom is -0.497 e. The zero-order valence-corrected chi connectivity index (χ0v) is 22.2. The van der Waals surface area contributed by atoms with E-state index in [1.807, 2.05) is 61.5 Å². The highest BCUT2D eigenvalue weighted by molar-refractivity contribution is 5.97. The second-order valence-corrected chi connectivity index (χ2v) is 9.63. The summed E-state index contributed by atoms with van der Waals surface area (Å²) in [5.41, 5.74) is 4.46. The number of ether oxygens (including phenoxy) is 2. The Morgan fingerprint density at radius 1 is 0.868 bits per heavy atom. The summed E-state index contributed by atoms with van der Waals surface area (Å²) >= 11 is 0. The van der Waals surface area contributed by atoms with Crippen LogP contribution in [0.4, 0.5) is 5.69 Å². The van der Waals surface area contributed by atoms with Gasteiger partial charge in [-0.2, -0.15) is 0 Å². The summed E-state index contributed by atoms with van der Waals surface area (Å²) in [6.07, 6.45) is 6.37.